The molecule has 0 heterocycles. The average molecular weight is 907 g/mol. The Kier molecular flexibility index (Phi) is 34.9. The Bertz CT molecular complexity index is 1470. The van der Waals surface area contributed by atoms with Crippen LogP contribution in [0.5, 0.6) is 0 Å². The van der Waals surface area contributed by atoms with E-state index in [0.29, 0.717) is 19.3 Å². The fraction of sp³-hybridized carbons (Fsp3) is 0.633. The number of hydrogen-bond acceptors (Lipinski definition) is 12. The quantitative estimate of drug-likeness (QED) is 0.0150. The molecule has 1 rings (SSSR count). The molecule has 6 N–H and O–H groups in total. The highest BCUT2D eigenvalue weighted by Gasteiger charge is 2.51. The molecule has 1 aliphatic carbocycles. The van der Waals surface area contributed by atoms with Crippen molar-refractivity contribution in [2.45, 2.75) is 185 Å². The van der Waals surface area contributed by atoms with Crippen molar-refractivity contribution in [1.29, 1.82) is 0 Å². The Morgan fingerprint density at radius 2 is 0.905 bits per heavy atom. The number of aliphatic hydroxyl groups excluding tert-OH is 5. The number of unbranched alkanes of at least 4 members (excludes halogenated alkanes) is 8. The average Bonchev–Trinajstić information content (AvgIpc) is 3.26. The Morgan fingerprint density at radius 3 is 1.38 bits per heavy atom. The van der Waals surface area contributed by atoms with Crippen LogP contribution in [-0.4, -0.2) is 98.3 Å². The molecular weight excluding hydrogens is 827 g/mol. The molecule has 1 aliphatic rings. The summed E-state index contributed by atoms with van der Waals surface area (Å²) in [4.78, 5) is 35.7. The molecule has 13 nitrogen and oxygen atoms in total. The minimum absolute atomic E-state index is 0.00760. The van der Waals surface area contributed by atoms with E-state index in [1.807, 2.05) is 12.2 Å². The summed E-state index contributed by atoms with van der Waals surface area (Å²) in [6.07, 6.45) is 37.5. The molecule has 0 spiro atoms. The highest BCUT2D eigenvalue weighted by Crippen LogP contribution is 2.47. The summed E-state index contributed by atoms with van der Waals surface area (Å²) in [6.45, 7) is 3.11. The second-order valence-corrected chi connectivity index (χ2v) is 16.9. The van der Waals surface area contributed by atoms with Crippen molar-refractivity contribution in [3.63, 3.8) is 0 Å². The number of ether oxygens (including phenoxy) is 2. The van der Waals surface area contributed by atoms with Crippen LogP contribution in [0.1, 0.15) is 142 Å². The van der Waals surface area contributed by atoms with Crippen molar-refractivity contribution in [3.8, 4) is 0 Å². The molecule has 0 saturated heterocycles. The van der Waals surface area contributed by atoms with Crippen LogP contribution in [0.15, 0.2) is 97.2 Å². The molecule has 0 amide bonds. The molecule has 0 radical (unpaired) electrons. The van der Waals surface area contributed by atoms with Crippen molar-refractivity contribution < 1.29 is 63.1 Å². The van der Waals surface area contributed by atoms with Crippen LogP contribution in [0, 0.1) is 0 Å². The third kappa shape index (κ3) is 30.5. The molecule has 0 aliphatic heterocycles. The van der Waals surface area contributed by atoms with Crippen molar-refractivity contribution in [1.82, 2.24) is 0 Å². The van der Waals surface area contributed by atoms with Crippen molar-refractivity contribution in [2.75, 3.05) is 13.2 Å². The van der Waals surface area contributed by atoms with Gasteiger partial charge in [-0.05, 0) is 89.9 Å². The van der Waals surface area contributed by atoms with E-state index in [1.165, 1.54) is 25.7 Å². The van der Waals surface area contributed by atoms with Gasteiger partial charge in [-0.15, -0.1) is 0 Å². The topological polar surface area (TPSA) is 210 Å². The second kappa shape index (κ2) is 38.1. The second-order valence-electron chi connectivity index (χ2n) is 15.5. The van der Waals surface area contributed by atoms with Gasteiger partial charge in [-0.25, -0.2) is 4.57 Å². The summed E-state index contributed by atoms with van der Waals surface area (Å²) in [5.74, 6) is -1.21. The fourth-order valence-electron chi connectivity index (χ4n) is 6.15. The number of esters is 2. The predicted molar refractivity (Wildman–Crippen MR) is 248 cm³/mol. The summed E-state index contributed by atoms with van der Waals surface area (Å²) in [6, 6.07) is 0. The lowest BCUT2D eigenvalue weighted by molar-refractivity contribution is -0.220. The number of hydrogen-bond donors (Lipinski definition) is 6. The standard InChI is InChI=1S/C49H79O13P/c1-3-5-7-9-11-13-15-17-19-21-23-25-27-29-31-33-35-37-42(50)59-39-41(40-60-63(57,58)62-49-47(55)45(53)44(52)46(54)48(49)56)61-43(51)38-36-34-32-30-28-26-24-22-20-18-16-14-12-10-8-6-4-2/h7,9,12-15,18-21,24-27,30,32,41,44-49,52-56H,3-6,8,10-11,16-17,22-23,28-29,31,33-40H2,1-2H3,(H,57,58)/b9-7+,14-12+,15-13+,20-18+,21-19+,26-24+,27-25+,32-30+/t41-,44?,45-,46?,47?,48?,49?/m0/s1. The van der Waals surface area contributed by atoms with Gasteiger partial charge < -0.3 is 39.9 Å². The molecule has 1 fully saturated rings. The van der Waals surface area contributed by atoms with Crippen LogP contribution in [-0.2, 0) is 32.7 Å². The Morgan fingerprint density at radius 1 is 0.492 bits per heavy atom. The van der Waals surface area contributed by atoms with E-state index in [1.54, 1.807) is 0 Å². The van der Waals surface area contributed by atoms with Crippen molar-refractivity contribution in [3.05, 3.63) is 97.2 Å². The molecule has 358 valence electrons. The molecule has 1 saturated carbocycles. The zero-order chi connectivity index (χ0) is 46.4. The molecule has 14 heteroatoms. The minimum atomic E-state index is -5.15. The van der Waals surface area contributed by atoms with Gasteiger partial charge in [0, 0.05) is 12.8 Å². The van der Waals surface area contributed by atoms with E-state index >= 15 is 0 Å². The maximum atomic E-state index is 12.8. The normalized spacial score (nSPS) is 22.6. The largest absolute Gasteiger partial charge is 0.472 e. The van der Waals surface area contributed by atoms with E-state index in [0.717, 1.165) is 70.6 Å². The molecule has 8 atom stereocenters. The lowest BCUT2D eigenvalue weighted by atomic mass is 9.85. The molecule has 0 bridgehead atoms. The molecule has 0 aromatic carbocycles. The SMILES string of the molecule is CCC/C=C/C/C=C/C/C=C/C/C=C/CCCCCC(=O)OC[C@@H](COP(=O)(O)OC1C(O)C(O)C(O)[C@H](O)C1O)OC(=O)CCC/C=C/C/C=C/C/C=C/C/C=C/CCCCC. The molecule has 0 aromatic heterocycles. The Hall–Kier alpha value is -3.23. The first-order valence-corrected chi connectivity index (χ1v) is 24.5. The minimum Gasteiger partial charge on any atom is -0.462 e. The van der Waals surface area contributed by atoms with Crippen LogP contribution in [0.2, 0.25) is 0 Å². The smallest absolute Gasteiger partial charge is 0.462 e. The summed E-state index contributed by atoms with van der Waals surface area (Å²) < 4.78 is 33.4. The summed E-state index contributed by atoms with van der Waals surface area (Å²) in [7, 11) is -5.15. The summed E-state index contributed by atoms with van der Waals surface area (Å²) in [5, 5.41) is 50.1. The monoisotopic (exact) mass is 907 g/mol. The van der Waals surface area contributed by atoms with Gasteiger partial charge in [0.25, 0.3) is 0 Å². The van der Waals surface area contributed by atoms with Crippen LogP contribution in [0.4, 0.5) is 0 Å². The van der Waals surface area contributed by atoms with Crippen LogP contribution in [0.3, 0.4) is 0 Å². The number of phosphoric acid groups is 1. The summed E-state index contributed by atoms with van der Waals surface area (Å²) in [5.41, 5.74) is 0. The van der Waals surface area contributed by atoms with E-state index < -0.39 is 75.7 Å². The van der Waals surface area contributed by atoms with Crippen LogP contribution < -0.4 is 0 Å². The van der Waals surface area contributed by atoms with Gasteiger partial charge in [0.2, 0.25) is 0 Å². The highest BCUT2D eigenvalue weighted by molar-refractivity contribution is 7.47. The zero-order valence-corrected chi connectivity index (χ0v) is 38.7. The van der Waals surface area contributed by atoms with E-state index in [-0.39, 0.29) is 12.8 Å². The van der Waals surface area contributed by atoms with Gasteiger partial charge >= 0.3 is 19.8 Å². The Balaban J connectivity index is 2.54. The van der Waals surface area contributed by atoms with E-state index in [4.69, 9.17) is 18.5 Å². The number of phosphoric ester groups is 1. The van der Waals surface area contributed by atoms with E-state index in [2.05, 4.69) is 98.9 Å². The van der Waals surface area contributed by atoms with Gasteiger partial charge in [-0.1, -0.05) is 137 Å². The summed E-state index contributed by atoms with van der Waals surface area (Å²) >= 11 is 0. The molecule has 6 unspecified atom stereocenters. The van der Waals surface area contributed by atoms with Crippen LogP contribution in [0.25, 0.3) is 0 Å². The molecular formula is C49H79O13P. The first-order valence-electron chi connectivity index (χ1n) is 23.0. The van der Waals surface area contributed by atoms with Crippen molar-refractivity contribution >= 4 is 19.8 Å². The van der Waals surface area contributed by atoms with Gasteiger partial charge in [0.05, 0.1) is 6.61 Å². The number of carbonyl (C=O) groups excluding carboxylic acids is 2. The van der Waals surface area contributed by atoms with Gasteiger partial charge in [-0.2, -0.15) is 0 Å². The number of aliphatic hydroxyl groups is 5. The third-order valence-corrected chi connectivity index (χ3v) is 10.9. The lowest BCUT2D eigenvalue weighted by Crippen LogP contribution is -2.64. The predicted octanol–water partition coefficient (Wildman–Crippen LogP) is 9.05. The van der Waals surface area contributed by atoms with Crippen LogP contribution >= 0.6 is 7.82 Å². The Labute approximate surface area is 377 Å². The zero-order valence-electron chi connectivity index (χ0n) is 37.8. The number of rotatable bonds is 36. The number of carbonyl (C=O) groups is 2. The van der Waals surface area contributed by atoms with Gasteiger partial charge in [0.15, 0.2) is 6.10 Å². The first kappa shape index (κ1) is 57.8. The van der Waals surface area contributed by atoms with Gasteiger partial charge in [0.1, 0.15) is 43.2 Å². The fourth-order valence-corrected chi connectivity index (χ4v) is 7.12. The lowest BCUT2D eigenvalue weighted by Gasteiger charge is -2.41. The molecule has 63 heavy (non-hydrogen) atoms. The first-order chi connectivity index (χ1) is 30.4. The number of allylic oxidation sites excluding steroid dienone is 16. The molecule has 0 aromatic rings. The van der Waals surface area contributed by atoms with Gasteiger partial charge in [-0.3, -0.25) is 18.6 Å². The third-order valence-electron chi connectivity index (χ3n) is 9.88. The van der Waals surface area contributed by atoms with Crippen molar-refractivity contribution in [2.24, 2.45) is 0 Å². The maximum Gasteiger partial charge on any atom is 0.472 e. The highest BCUT2D eigenvalue weighted by atomic mass is 31.2. The van der Waals surface area contributed by atoms with E-state index in [9.17, 15) is 44.6 Å². The maximum absolute atomic E-state index is 12.8.